The van der Waals surface area contributed by atoms with Crippen LogP contribution in [0.2, 0.25) is 5.02 Å². The second-order valence-corrected chi connectivity index (χ2v) is 9.79. The number of rotatable bonds is 7. The predicted molar refractivity (Wildman–Crippen MR) is 131 cm³/mol. The first-order valence-electron chi connectivity index (χ1n) is 10.5. The van der Waals surface area contributed by atoms with Gasteiger partial charge in [-0.3, -0.25) is 4.79 Å². The Morgan fingerprint density at radius 3 is 2.52 bits per heavy atom. The molecule has 2 aliphatic rings. The summed E-state index contributed by atoms with van der Waals surface area (Å²) in [7, 11) is 0. The first-order chi connectivity index (χ1) is 15.1. The van der Waals surface area contributed by atoms with Crippen molar-refractivity contribution in [2.75, 3.05) is 13.2 Å². The minimum atomic E-state index is -0.207. The summed E-state index contributed by atoms with van der Waals surface area (Å²) in [5, 5.41) is 3.18. The van der Waals surface area contributed by atoms with Crippen molar-refractivity contribution >= 4 is 51.9 Å². The van der Waals surface area contributed by atoms with Gasteiger partial charge in [0, 0.05) is 10.6 Å². The number of hydrogen-bond acceptors (Lipinski definition) is 5. The van der Waals surface area contributed by atoms with Crippen LogP contribution in [0.4, 0.5) is 0 Å². The summed E-state index contributed by atoms with van der Waals surface area (Å²) in [5.41, 5.74) is 2.14. The fraction of sp³-hybridized carbons (Fsp3) is 0.333. The van der Waals surface area contributed by atoms with Crippen LogP contribution in [0.3, 0.4) is 0 Å². The molecule has 2 aromatic carbocycles. The van der Waals surface area contributed by atoms with E-state index < -0.39 is 0 Å². The van der Waals surface area contributed by atoms with Gasteiger partial charge >= 0.3 is 0 Å². The van der Waals surface area contributed by atoms with Crippen LogP contribution in [0.1, 0.15) is 49.1 Å². The molecule has 2 fully saturated rings. The molecule has 0 spiro atoms. The summed E-state index contributed by atoms with van der Waals surface area (Å²) in [5.74, 6) is 1.97. The maximum Gasteiger partial charge on any atom is 0.263 e. The highest BCUT2D eigenvalue weighted by Gasteiger charge is 2.22. The van der Waals surface area contributed by atoms with Crippen LogP contribution in [-0.2, 0) is 4.79 Å². The lowest BCUT2D eigenvalue weighted by molar-refractivity contribution is -0.115. The zero-order valence-corrected chi connectivity index (χ0v) is 19.5. The summed E-state index contributed by atoms with van der Waals surface area (Å²) in [6.07, 6.45) is 8.35. The molecule has 0 bridgehead atoms. The van der Waals surface area contributed by atoms with Gasteiger partial charge in [0.05, 0.1) is 4.91 Å². The number of ether oxygens (including phenoxy) is 2. The number of benzene rings is 2. The molecule has 7 heteroatoms. The summed E-state index contributed by atoms with van der Waals surface area (Å²) >= 11 is 12.4. The second-order valence-electron chi connectivity index (χ2n) is 7.64. The van der Waals surface area contributed by atoms with Crippen molar-refractivity contribution < 1.29 is 14.3 Å². The molecule has 1 saturated heterocycles. The summed E-state index contributed by atoms with van der Waals surface area (Å²) < 4.78 is 12.2. The van der Waals surface area contributed by atoms with Crippen LogP contribution < -0.4 is 14.8 Å². The molecular weight excluding hydrogens is 450 g/mol. The monoisotopic (exact) mass is 473 g/mol. The molecule has 0 unspecified atom stereocenters. The summed E-state index contributed by atoms with van der Waals surface area (Å²) in [6.45, 7) is 0.792. The topological polar surface area (TPSA) is 47.6 Å². The number of carbonyl (C=O) groups is 1. The lowest BCUT2D eigenvalue weighted by Crippen LogP contribution is -2.17. The van der Waals surface area contributed by atoms with Gasteiger partial charge in [-0.15, -0.1) is 0 Å². The van der Waals surface area contributed by atoms with Gasteiger partial charge in [0.25, 0.3) is 5.91 Å². The molecule has 4 nitrogen and oxygen atoms in total. The molecule has 1 aliphatic carbocycles. The third-order valence-electron chi connectivity index (χ3n) is 5.47. The molecule has 1 heterocycles. The zero-order valence-electron chi connectivity index (χ0n) is 17.1. The van der Waals surface area contributed by atoms with Crippen molar-refractivity contribution in [3.63, 3.8) is 0 Å². The molecule has 1 amide bonds. The van der Waals surface area contributed by atoms with E-state index in [0.29, 0.717) is 39.1 Å². The van der Waals surface area contributed by atoms with Crippen molar-refractivity contribution in [1.82, 2.24) is 5.32 Å². The van der Waals surface area contributed by atoms with Gasteiger partial charge in [-0.2, -0.15) is 0 Å². The zero-order chi connectivity index (χ0) is 21.6. The Morgan fingerprint density at radius 2 is 1.81 bits per heavy atom. The summed E-state index contributed by atoms with van der Waals surface area (Å²) in [4.78, 5) is 12.5. The van der Waals surface area contributed by atoms with Crippen LogP contribution >= 0.6 is 35.6 Å². The van der Waals surface area contributed by atoms with Crippen LogP contribution in [0.5, 0.6) is 11.5 Å². The van der Waals surface area contributed by atoms with Crippen LogP contribution in [-0.4, -0.2) is 23.4 Å². The van der Waals surface area contributed by atoms with Crippen molar-refractivity contribution in [2.24, 2.45) is 0 Å². The van der Waals surface area contributed by atoms with Crippen molar-refractivity contribution in [2.45, 2.75) is 38.0 Å². The van der Waals surface area contributed by atoms with Gasteiger partial charge in [0.15, 0.2) is 0 Å². The minimum absolute atomic E-state index is 0.207. The van der Waals surface area contributed by atoms with E-state index in [4.69, 9.17) is 33.3 Å². The highest BCUT2D eigenvalue weighted by Crippen LogP contribution is 2.33. The highest BCUT2D eigenvalue weighted by atomic mass is 35.5. The van der Waals surface area contributed by atoms with E-state index in [0.717, 1.165) is 11.3 Å². The fourth-order valence-electron chi connectivity index (χ4n) is 3.91. The Balaban J connectivity index is 1.32. The maximum atomic E-state index is 11.9. The Morgan fingerprint density at radius 1 is 1.06 bits per heavy atom. The number of thioether (sulfide) groups is 1. The van der Waals surface area contributed by atoms with Gasteiger partial charge in [0.1, 0.15) is 29.0 Å². The Kier molecular flexibility index (Phi) is 7.54. The standard InChI is InChI=1S/C24H24ClNO3S2/c25-19-8-11-21(18(14-19)15-22-23(27)26-24(30)31-22)29-13-12-28-20-9-6-17(7-10-20)16-4-2-1-3-5-16/h6-11,14-16H,1-5,12-13H2,(H,26,27,30). The Hall–Kier alpha value is -2.02. The maximum absolute atomic E-state index is 11.9. The molecule has 1 saturated carbocycles. The second kappa shape index (κ2) is 10.5. The van der Waals surface area contributed by atoms with Gasteiger partial charge in [-0.1, -0.05) is 67.0 Å². The molecule has 4 rings (SSSR count). The van der Waals surface area contributed by atoms with E-state index in [2.05, 4.69) is 17.4 Å². The van der Waals surface area contributed by atoms with Gasteiger partial charge in [0.2, 0.25) is 0 Å². The average Bonchev–Trinajstić information content (AvgIpc) is 3.10. The Labute approximate surface area is 197 Å². The lowest BCUT2D eigenvalue weighted by atomic mass is 9.84. The normalized spacial score (nSPS) is 18.3. The number of carbonyl (C=O) groups excluding carboxylic acids is 1. The Bertz CT molecular complexity index is 985. The van der Waals surface area contributed by atoms with E-state index in [1.54, 1.807) is 24.3 Å². The van der Waals surface area contributed by atoms with Gasteiger partial charge in [-0.25, -0.2) is 0 Å². The first-order valence-corrected chi connectivity index (χ1v) is 12.1. The molecule has 0 atom stereocenters. The largest absolute Gasteiger partial charge is 0.490 e. The highest BCUT2D eigenvalue weighted by molar-refractivity contribution is 8.26. The van der Waals surface area contributed by atoms with Crippen LogP contribution in [0.15, 0.2) is 47.4 Å². The van der Waals surface area contributed by atoms with E-state index in [1.807, 2.05) is 12.1 Å². The van der Waals surface area contributed by atoms with Crippen molar-refractivity contribution in [1.29, 1.82) is 0 Å². The minimum Gasteiger partial charge on any atom is -0.490 e. The number of thiocarbonyl (C=S) groups is 1. The molecule has 1 N–H and O–H groups in total. The lowest BCUT2D eigenvalue weighted by Gasteiger charge is -2.22. The number of halogens is 1. The van der Waals surface area contributed by atoms with E-state index in [-0.39, 0.29) is 5.91 Å². The number of hydrogen-bond donors (Lipinski definition) is 1. The van der Waals surface area contributed by atoms with E-state index in [9.17, 15) is 4.79 Å². The molecule has 2 aromatic rings. The average molecular weight is 474 g/mol. The molecule has 1 aliphatic heterocycles. The SMILES string of the molecule is O=C1NC(=S)SC1=Cc1cc(Cl)ccc1OCCOc1ccc(C2CCCCC2)cc1. The van der Waals surface area contributed by atoms with Crippen LogP contribution in [0, 0.1) is 0 Å². The summed E-state index contributed by atoms with van der Waals surface area (Å²) in [6, 6.07) is 13.8. The van der Waals surface area contributed by atoms with E-state index in [1.165, 1.54) is 49.4 Å². The molecule has 0 radical (unpaired) electrons. The number of nitrogens with one attached hydrogen (secondary N) is 1. The third kappa shape index (κ3) is 6.03. The van der Waals surface area contributed by atoms with Gasteiger partial charge in [-0.05, 0) is 60.7 Å². The van der Waals surface area contributed by atoms with E-state index >= 15 is 0 Å². The fourth-order valence-corrected chi connectivity index (χ4v) is 5.12. The van der Waals surface area contributed by atoms with Gasteiger partial charge < -0.3 is 14.8 Å². The molecule has 0 aromatic heterocycles. The first kappa shape index (κ1) is 22.2. The van der Waals surface area contributed by atoms with Crippen LogP contribution in [0.25, 0.3) is 6.08 Å². The van der Waals surface area contributed by atoms with Crippen molar-refractivity contribution in [3.05, 3.63) is 63.5 Å². The molecular formula is C24H24ClNO3S2. The quantitative estimate of drug-likeness (QED) is 0.289. The molecule has 162 valence electrons. The smallest absolute Gasteiger partial charge is 0.263 e. The predicted octanol–water partition coefficient (Wildman–Crippen LogP) is 6.33. The molecule has 31 heavy (non-hydrogen) atoms. The van der Waals surface area contributed by atoms with Crippen molar-refractivity contribution in [3.8, 4) is 11.5 Å². The third-order valence-corrected chi connectivity index (χ3v) is 6.86. The number of amides is 1.